The molecule has 126 valence electrons. The number of benzene rings is 1. The number of amides is 2. The van der Waals surface area contributed by atoms with Gasteiger partial charge in [0.25, 0.3) is 0 Å². The summed E-state index contributed by atoms with van der Waals surface area (Å²) in [5.41, 5.74) is 5.18. The van der Waals surface area contributed by atoms with Crippen LogP contribution in [0.5, 0.6) is 0 Å². The molecule has 1 N–H and O–H groups in total. The molecule has 1 aliphatic rings. The Morgan fingerprint density at radius 3 is 2.92 bits per heavy atom. The van der Waals surface area contributed by atoms with Gasteiger partial charge >= 0.3 is 6.03 Å². The fourth-order valence-electron chi connectivity index (χ4n) is 3.24. The second-order valence-electron chi connectivity index (χ2n) is 6.43. The Kier molecular flexibility index (Phi) is 5.47. The number of carbonyl (C=O) groups is 1. The fraction of sp³-hybridized carbons (Fsp3) is 0.400. The second-order valence-corrected chi connectivity index (χ2v) is 6.43. The van der Waals surface area contributed by atoms with Gasteiger partial charge in [-0.15, -0.1) is 0 Å². The van der Waals surface area contributed by atoms with Gasteiger partial charge in [-0.05, 0) is 60.9 Å². The van der Waals surface area contributed by atoms with E-state index in [-0.39, 0.29) is 6.03 Å². The molecule has 24 heavy (non-hydrogen) atoms. The van der Waals surface area contributed by atoms with Crippen LogP contribution in [0, 0.1) is 6.92 Å². The number of urea groups is 1. The number of pyridine rings is 1. The maximum absolute atomic E-state index is 12.4. The molecule has 1 aromatic carbocycles. The summed E-state index contributed by atoms with van der Waals surface area (Å²) in [5.74, 6) is 0. The van der Waals surface area contributed by atoms with Gasteiger partial charge < -0.3 is 10.2 Å². The first-order valence-electron chi connectivity index (χ1n) is 8.73. The summed E-state index contributed by atoms with van der Waals surface area (Å²) in [6.45, 7) is 4.32. The number of aryl methyl sites for hydroxylation is 3. The maximum atomic E-state index is 12.4. The number of rotatable bonds is 4. The third-order valence-corrected chi connectivity index (χ3v) is 4.68. The smallest absolute Gasteiger partial charge is 0.317 e. The Bertz CT molecular complexity index is 699. The molecule has 2 heterocycles. The molecule has 1 aromatic heterocycles. The standard InChI is InChI=1S/C20H25N3O/c1-16-14-21-12-10-17(16)8-4-11-22-20(24)23-13-5-9-18-6-2-3-7-19(18)15-23/h2-3,6-7,10,12,14H,4-5,8-9,11,13,15H2,1H3,(H,22,24). The molecule has 0 radical (unpaired) electrons. The molecule has 0 aliphatic carbocycles. The van der Waals surface area contributed by atoms with Crippen LogP contribution in [0.15, 0.2) is 42.7 Å². The topological polar surface area (TPSA) is 45.2 Å². The molecule has 0 saturated heterocycles. The van der Waals surface area contributed by atoms with E-state index < -0.39 is 0 Å². The monoisotopic (exact) mass is 323 g/mol. The lowest BCUT2D eigenvalue weighted by Crippen LogP contribution is -2.40. The zero-order valence-corrected chi connectivity index (χ0v) is 14.3. The molecule has 0 bridgehead atoms. The molecule has 0 unspecified atom stereocenters. The zero-order valence-electron chi connectivity index (χ0n) is 14.3. The SMILES string of the molecule is Cc1cnccc1CCCNC(=O)N1CCCc2ccccc2C1. The molecule has 0 atom stereocenters. The lowest BCUT2D eigenvalue weighted by atomic mass is 10.0. The van der Waals surface area contributed by atoms with Crippen molar-refractivity contribution in [2.75, 3.05) is 13.1 Å². The van der Waals surface area contributed by atoms with Gasteiger partial charge in [0.1, 0.15) is 0 Å². The first-order valence-corrected chi connectivity index (χ1v) is 8.73. The average molecular weight is 323 g/mol. The highest BCUT2D eigenvalue weighted by molar-refractivity contribution is 5.74. The summed E-state index contributed by atoms with van der Waals surface area (Å²) in [4.78, 5) is 18.5. The Hall–Kier alpha value is -2.36. The third kappa shape index (κ3) is 4.13. The summed E-state index contributed by atoms with van der Waals surface area (Å²) >= 11 is 0. The molecule has 2 amide bonds. The van der Waals surface area contributed by atoms with Crippen molar-refractivity contribution >= 4 is 6.03 Å². The van der Waals surface area contributed by atoms with Crippen LogP contribution in [-0.4, -0.2) is 29.0 Å². The van der Waals surface area contributed by atoms with Gasteiger partial charge in [-0.2, -0.15) is 0 Å². The number of nitrogens with zero attached hydrogens (tertiary/aromatic N) is 2. The second kappa shape index (κ2) is 7.95. The van der Waals surface area contributed by atoms with E-state index in [9.17, 15) is 4.79 Å². The van der Waals surface area contributed by atoms with Crippen LogP contribution < -0.4 is 5.32 Å². The Labute approximate surface area is 143 Å². The molecule has 2 aromatic rings. The van der Waals surface area contributed by atoms with E-state index in [1.165, 1.54) is 22.3 Å². The Morgan fingerprint density at radius 1 is 1.25 bits per heavy atom. The minimum absolute atomic E-state index is 0.0538. The van der Waals surface area contributed by atoms with Crippen molar-refractivity contribution in [2.45, 2.75) is 39.2 Å². The third-order valence-electron chi connectivity index (χ3n) is 4.68. The highest BCUT2D eigenvalue weighted by Gasteiger charge is 2.18. The quantitative estimate of drug-likeness (QED) is 0.876. The predicted octanol–water partition coefficient (Wildman–Crippen LogP) is 3.48. The van der Waals surface area contributed by atoms with Crippen molar-refractivity contribution in [3.63, 3.8) is 0 Å². The Morgan fingerprint density at radius 2 is 2.08 bits per heavy atom. The molecule has 4 nitrogen and oxygen atoms in total. The maximum Gasteiger partial charge on any atom is 0.317 e. The van der Waals surface area contributed by atoms with E-state index >= 15 is 0 Å². The van der Waals surface area contributed by atoms with Crippen molar-refractivity contribution in [3.8, 4) is 0 Å². The summed E-state index contributed by atoms with van der Waals surface area (Å²) in [7, 11) is 0. The van der Waals surface area contributed by atoms with E-state index in [0.717, 1.165) is 32.2 Å². The predicted molar refractivity (Wildman–Crippen MR) is 95.9 cm³/mol. The number of fused-ring (bicyclic) bond motifs is 1. The molecule has 3 rings (SSSR count). The molecule has 4 heteroatoms. The van der Waals surface area contributed by atoms with Crippen molar-refractivity contribution in [2.24, 2.45) is 0 Å². The van der Waals surface area contributed by atoms with Crippen LogP contribution >= 0.6 is 0 Å². The molecule has 1 aliphatic heterocycles. The van der Waals surface area contributed by atoms with Gasteiger partial charge in [-0.25, -0.2) is 4.79 Å². The van der Waals surface area contributed by atoms with Gasteiger partial charge in [0.15, 0.2) is 0 Å². The molecule has 0 saturated carbocycles. The summed E-state index contributed by atoms with van der Waals surface area (Å²) < 4.78 is 0. The largest absolute Gasteiger partial charge is 0.338 e. The normalized spacial score (nSPS) is 14.0. The van der Waals surface area contributed by atoms with Gasteiger partial charge in [-0.1, -0.05) is 24.3 Å². The van der Waals surface area contributed by atoms with Crippen molar-refractivity contribution in [1.29, 1.82) is 0 Å². The lowest BCUT2D eigenvalue weighted by Gasteiger charge is -2.21. The van der Waals surface area contributed by atoms with Crippen LogP contribution in [0.2, 0.25) is 0 Å². The molecule has 0 fully saturated rings. The van der Waals surface area contributed by atoms with E-state index in [4.69, 9.17) is 0 Å². The highest BCUT2D eigenvalue weighted by Crippen LogP contribution is 2.18. The zero-order chi connectivity index (χ0) is 16.8. The minimum atomic E-state index is 0.0538. The van der Waals surface area contributed by atoms with Crippen molar-refractivity contribution in [3.05, 3.63) is 65.0 Å². The number of hydrogen-bond donors (Lipinski definition) is 1. The van der Waals surface area contributed by atoms with Gasteiger partial charge in [0, 0.05) is 32.0 Å². The van der Waals surface area contributed by atoms with Crippen LogP contribution in [-0.2, 0) is 19.4 Å². The molecular weight excluding hydrogens is 298 g/mol. The Balaban J connectivity index is 1.48. The van der Waals surface area contributed by atoms with E-state index in [2.05, 4.69) is 47.6 Å². The van der Waals surface area contributed by atoms with Gasteiger partial charge in [0.05, 0.1) is 0 Å². The number of nitrogens with one attached hydrogen (secondary N) is 1. The molecule has 0 spiro atoms. The summed E-state index contributed by atoms with van der Waals surface area (Å²) in [6, 6.07) is 10.6. The van der Waals surface area contributed by atoms with E-state index in [1.807, 2.05) is 17.3 Å². The fourth-order valence-corrected chi connectivity index (χ4v) is 3.24. The van der Waals surface area contributed by atoms with Gasteiger partial charge in [-0.3, -0.25) is 4.98 Å². The highest BCUT2D eigenvalue weighted by atomic mass is 16.2. The first-order chi connectivity index (χ1) is 11.7. The molecular formula is C20H25N3O. The van der Waals surface area contributed by atoms with Crippen LogP contribution in [0.3, 0.4) is 0 Å². The van der Waals surface area contributed by atoms with E-state index in [0.29, 0.717) is 13.1 Å². The van der Waals surface area contributed by atoms with Crippen molar-refractivity contribution in [1.82, 2.24) is 15.2 Å². The number of aromatic nitrogens is 1. The van der Waals surface area contributed by atoms with E-state index in [1.54, 1.807) is 0 Å². The van der Waals surface area contributed by atoms with Crippen LogP contribution in [0.4, 0.5) is 4.79 Å². The lowest BCUT2D eigenvalue weighted by molar-refractivity contribution is 0.196. The van der Waals surface area contributed by atoms with Gasteiger partial charge in [0.2, 0.25) is 0 Å². The van der Waals surface area contributed by atoms with Crippen LogP contribution in [0.1, 0.15) is 35.1 Å². The summed E-state index contributed by atoms with van der Waals surface area (Å²) in [5, 5.41) is 3.07. The summed E-state index contributed by atoms with van der Waals surface area (Å²) in [6.07, 6.45) is 7.72. The number of carbonyl (C=O) groups excluding carboxylic acids is 1. The number of hydrogen-bond acceptors (Lipinski definition) is 2. The van der Waals surface area contributed by atoms with Crippen molar-refractivity contribution < 1.29 is 4.79 Å². The minimum Gasteiger partial charge on any atom is -0.338 e. The average Bonchev–Trinajstić information content (AvgIpc) is 2.82. The van der Waals surface area contributed by atoms with Crippen LogP contribution in [0.25, 0.3) is 0 Å². The first kappa shape index (κ1) is 16.5.